The van der Waals surface area contributed by atoms with Crippen molar-refractivity contribution in [2.45, 2.75) is 44.2 Å². The first-order chi connectivity index (χ1) is 18.8. The molecule has 4 aromatic rings. The highest BCUT2D eigenvalue weighted by Crippen LogP contribution is 2.28. The Kier molecular flexibility index (Phi) is 9.39. The average Bonchev–Trinajstić information content (AvgIpc) is 2.95. The summed E-state index contributed by atoms with van der Waals surface area (Å²) in [6.07, 6.45) is 1.72. The van der Waals surface area contributed by atoms with E-state index in [4.69, 9.17) is 4.74 Å². The van der Waals surface area contributed by atoms with Gasteiger partial charge in [-0.2, -0.15) is 0 Å². The van der Waals surface area contributed by atoms with Crippen LogP contribution in [0.2, 0.25) is 0 Å². The molecule has 4 aromatic carbocycles. The molecular formula is C32H34N2O4S. The molecule has 0 heterocycles. The molecule has 7 heteroatoms. The number of carbonyl (C=O) groups is 1. The fourth-order valence-corrected chi connectivity index (χ4v) is 5.63. The number of amides is 1. The summed E-state index contributed by atoms with van der Waals surface area (Å²) in [4.78, 5) is 12.6. The first-order valence-electron chi connectivity index (χ1n) is 13.0. The summed E-state index contributed by atoms with van der Waals surface area (Å²) < 4.78 is 34.3. The van der Waals surface area contributed by atoms with Crippen LogP contribution in [-0.2, 0) is 27.8 Å². The van der Waals surface area contributed by atoms with Gasteiger partial charge in [-0.15, -0.1) is 0 Å². The maximum Gasteiger partial charge on any atom is 0.264 e. The predicted octanol–water partition coefficient (Wildman–Crippen LogP) is 5.91. The van der Waals surface area contributed by atoms with Crippen molar-refractivity contribution in [2.24, 2.45) is 0 Å². The Balaban J connectivity index is 1.40. The van der Waals surface area contributed by atoms with Crippen molar-refractivity contribution in [3.63, 3.8) is 0 Å². The van der Waals surface area contributed by atoms with Crippen molar-refractivity contribution in [3.05, 3.63) is 126 Å². The molecule has 0 fully saturated rings. The second-order valence-electron chi connectivity index (χ2n) is 9.59. The lowest BCUT2D eigenvalue weighted by Gasteiger charge is -2.25. The second-order valence-corrected chi connectivity index (χ2v) is 11.4. The number of rotatable bonds is 12. The molecule has 39 heavy (non-hydrogen) atoms. The maximum absolute atomic E-state index is 13.6. The average molecular weight is 543 g/mol. The molecule has 0 aromatic heterocycles. The lowest BCUT2D eigenvalue weighted by atomic mass is 10.1. The highest BCUT2D eigenvalue weighted by Gasteiger charge is 2.25. The molecular weight excluding hydrogens is 508 g/mol. The molecule has 0 radical (unpaired) electrons. The number of aryl methyl sites for hydroxylation is 2. The smallest absolute Gasteiger partial charge is 0.264 e. The predicted molar refractivity (Wildman–Crippen MR) is 155 cm³/mol. The number of ether oxygens (including phenoxy) is 1. The normalized spacial score (nSPS) is 11.9. The van der Waals surface area contributed by atoms with Crippen LogP contribution in [0.3, 0.4) is 0 Å². The van der Waals surface area contributed by atoms with Gasteiger partial charge in [-0.1, -0.05) is 78.4 Å². The van der Waals surface area contributed by atoms with Gasteiger partial charge in [0.2, 0.25) is 0 Å². The van der Waals surface area contributed by atoms with Crippen LogP contribution >= 0.6 is 0 Å². The number of nitrogens with one attached hydrogen (secondary N) is 1. The van der Waals surface area contributed by atoms with Gasteiger partial charge in [-0.3, -0.25) is 9.10 Å². The summed E-state index contributed by atoms with van der Waals surface area (Å²) in [7, 11) is -3.82. The van der Waals surface area contributed by atoms with Gasteiger partial charge >= 0.3 is 0 Å². The topological polar surface area (TPSA) is 75.7 Å². The third-order valence-corrected chi connectivity index (χ3v) is 8.18. The Bertz CT molecular complexity index is 1440. The van der Waals surface area contributed by atoms with Gasteiger partial charge in [0.15, 0.2) is 6.61 Å². The minimum atomic E-state index is -3.82. The number of anilines is 1. The maximum atomic E-state index is 13.6. The van der Waals surface area contributed by atoms with E-state index >= 15 is 0 Å². The van der Waals surface area contributed by atoms with Crippen LogP contribution in [0.4, 0.5) is 5.69 Å². The molecule has 1 amide bonds. The standard InChI is InChI=1S/C32H34N2O4S/c1-25-13-21-31(22-14-25)39(36,37)34(23-28-11-7-4-8-12-28)29-17-19-30(20-18-29)38-24-32(35)33-26(2)15-16-27-9-5-3-6-10-27/h3-14,17-22,26H,15-16,23-24H2,1-2H3,(H,33,35). The van der Waals surface area contributed by atoms with Gasteiger partial charge in [0.25, 0.3) is 15.9 Å². The molecule has 4 rings (SSSR count). The van der Waals surface area contributed by atoms with Crippen molar-refractivity contribution >= 4 is 21.6 Å². The highest BCUT2D eigenvalue weighted by atomic mass is 32.2. The molecule has 0 saturated carbocycles. The number of nitrogens with zero attached hydrogens (tertiary/aromatic N) is 1. The summed E-state index contributed by atoms with van der Waals surface area (Å²) in [5, 5.41) is 2.97. The number of hydrogen-bond donors (Lipinski definition) is 1. The molecule has 0 spiro atoms. The van der Waals surface area contributed by atoms with E-state index in [1.807, 2.05) is 62.4 Å². The highest BCUT2D eigenvalue weighted by molar-refractivity contribution is 7.92. The van der Waals surface area contributed by atoms with E-state index in [0.717, 1.165) is 24.0 Å². The second kappa shape index (κ2) is 13.1. The molecule has 0 aliphatic carbocycles. The van der Waals surface area contributed by atoms with E-state index in [1.165, 1.54) is 9.87 Å². The van der Waals surface area contributed by atoms with Gasteiger partial charge in [-0.25, -0.2) is 8.42 Å². The number of hydrogen-bond acceptors (Lipinski definition) is 4. The first kappa shape index (κ1) is 27.9. The van der Waals surface area contributed by atoms with Crippen LogP contribution in [-0.4, -0.2) is 27.0 Å². The molecule has 0 aliphatic heterocycles. The van der Waals surface area contributed by atoms with Gasteiger partial charge in [0.1, 0.15) is 5.75 Å². The monoisotopic (exact) mass is 542 g/mol. The van der Waals surface area contributed by atoms with Crippen molar-refractivity contribution in [1.29, 1.82) is 0 Å². The van der Waals surface area contributed by atoms with E-state index in [2.05, 4.69) is 17.4 Å². The van der Waals surface area contributed by atoms with Crippen LogP contribution in [0.1, 0.15) is 30.0 Å². The van der Waals surface area contributed by atoms with Crippen molar-refractivity contribution in [1.82, 2.24) is 5.32 Å². The minimum absolute atomic E-state index is 0.0159. The Morgan fingerprint density at radius 2 is 1.41 bits per heavy atom. The number of carbonyl (C=O) groups excluding carboxylic acids is 1. The third-order valence-electron chi connectivity index (χ3n) is 6.39. The van der Waals surface area contributed by atoms with Crippen molar-refractivity contribution in [2.75, 3.05) is 10.9 Å². The Morgan fingerprint density at radius 1 is 0.821 bits per heavy atom. The van der Waals surface area contributed by atoms with Crippen LogP contribution in [0, 0.1) is 6.92 Å². The van der Waals surface area contributed by atoms with Gasteiger partial charge in [0, 0.05) is 6.04 Å². The van der Waals surface area contributed by atoms with Crippen molar-refractivity contribution < 1.29 is 17.9 Å². The molecule has 0 bridgehead atoms. The van der Waals surface area contributed by atoms with E-state index in [9.17, 15) is 13.2 Å². The quantitative estimate of drug-likeness (QED) is 0.242. The molecule has 0 saturated heterocycles. The fraction of sp³-hybridized carbons (Fsp3) is 0.219. The third kappa shape index (κ3) is 7.94. The van der Waals surface area contributed by atoms with Crippen LogP contribution in [0.15, 0.2) is 114 Å². The van der Waals surface area contributed by atoms with Gasteiger partial charge in [0.05, 0.1) is 17.1 Å². The molecule has 1 atom stereocenters. The zero-order chi connectivity index (χ0) is 27.7. The van der Waals surface area contributed by atoms with Gasteiger partial charge < -0.3 is 10.1 Å². The first-order valence-corrected chi connectivity index (χ1v) is 14.4. The molecule has 1 N–H and O–H groups in total. The van der Waals surface area contributed by atoms with E-state index < -0.39 is 10.0 Å². The summed E-state index contributed by atoms with van der Waals surface area (Å²) in [6, 6.07) is 33.2. The van der Waals surface area contributed by atoms with E-state index in [-0.39, 0.29) is 30.0 Å². The Hall–Kier alpha value is -4.10. The summed E-state index contributed by atoms with van der Waals surface area (Å²) in [5.41, 5.74) is 3.60. The minimum Gasteiger partial charge on any atom is -0.484 e. The largest absolute Gasteiger partial charge is 0.484 e. The van der Waals surface area contributed by atoms with Gasteiger partial charge in [-0.05, 0) is 74.2 Å². The van der Waals surface area contributed by atoms with E-state index in [1.54, 1.807) is 48.5 Å². The lowest BCUT2D eigenvalue weighted by Crippen LogP contribution is -2.36. The summed E-state index contributed by atoms with van der Waals surface area (Å²) >= 11 is 0. The number of benzene rings is 4. The molecule has 202 valence electrons. The number of sulfonamides is 1. The molecule has 1 unspecified atom stereocenters. The summed E-state index contributed by atoms with van der Waals surface area (Å²) in [5.74, 6) is 0.283. The molecule has 0 aliphatic rings. The zero-order valence-corrected chi connectivity index (χ0v) is 23.1. The lowest BCUT2D eigenvalue weighted by molar-refractivity contribution is -0.123. The fourth-order valence-electron chi connectivity index (χ4n) is 4.18. The summed E-state index contributed by atoms with van der Waals surface area (Å²) in [6.45, 7) is 3.96. The van der Waals surface area contributed by atoms with Crippen molar-refractivity contribution in [3.8, 4) is 5.75 Å². The zero-order valence-electron chi connectivity index (χ0n) is 22.3. The van der Waals surface area contributed by atoms with Crippen LogP contribution in [0.25, 0.3) is 0 Å². The SMILES string of the molecule is Cc1ccc(S(=O)(=O)N(Cc2ccccc2)c2ccc(OCC(=O)NC(C)CCc3ccccc3)cc2)cc1. The Labute approximate surface area is 231 Å². The molecule has 6 nitrogen and oxygen atoms in total. The Morgan fingerprint density at radius 3 is 2.03 bits per heavy atom. The van der Waals surface area contributed by atoms with E-state index in [0.29, 0.717) is 11.4 Å². The van der Waals surface area contributed by atoms with Crippen LogP contribution in [0.5, 0.6) is 5.75 Å². The van der Waals surface area contributed by atoms with Crippen LogP contribution < -0.4 is 14.4 Å².